The molecule has 0 unspecified atom stereocenters. The Morgan fingerprint density at radius 2 is 1.92 bits per heavy atom. The summed E-state index contributed by atoms with van der Waals surface area (Å²) in [6, 6.07) is 9.60. The van der Waals surface area contributed by atoms with Crippen LogP contribution in [0.2, 0.25) is 0 Å². The second-order valence-corrected chi connectivity index (χ2v) is 9.29. The molecular formula is C18H24N2O4S. The molecule has 1 aromatic carbocycles. The Balaban J connectivity index is 1.66. The average molecular weight is 364 g/mol. The summed E-state index contributed by atoms with van der Waals surface area (Å²) in [6.45, 7) is 3.03. The number of nitrogens with zero attached hydrogens (tertiary/aromatic N) is 2. The van der Waals surface area contributed by atoms with Gasteiger partial charge in [0.15, 0.2) is 9.84 Å². The molecule has 0 aromatic heterocycles. The summed E-state index contributed by atoms with van der Waals surface area (Å²) in [5.41, 5.74) is 1.04. The summed E-state index contributed by atoms with van der Waals surface area (Å²) in [4.78, 5) is 28.5. The van der Waals surface area contributed by atoms with Gasteiger partial charge in [-0.2, -0.15) is 0 Å². The zero-order valence-electron chi connectivity index (χ0n) is 14.4. The van der Waals surface area contributed by atoms with Crippen molar-refractivity contribution < 1.29 is 18.0 Å². The van der Waals surface area contributed by atoms with Crippen molar-refractivity contribution in [1.82, 2.24) is 9.80 Å². The lowest BCUT2D eigenvalue weighted by Crippen LogP contribution is -2.43. The number of hydrogen-bond acceptors (Lipinski definition) is 4. The fourth-order valence-corrected chi connectivity index (χ4v) is 4.90. The summed E-state index contributed by atoms with van der Waals surface area (Å²) < 4.78 is 23.6. The van der Waals surface area contributed by atoms with Crippen LogP contribution in [0.1, 0.15) is 25.3 Å². The van der Waals surface area contributed by atoms with Crippen LogP contribution in [0.15, 0.2) is 30.3 Å². The van der Waals surface area contributed by atoms with Gasteiger partial charge < -0.3 is 9.80 Å². The number of hydrogen-bond donors (Lipinski definition) is 0. The second kappa shape index (κ2) is 7.15. The van der Waals surface area contributed by atoms with E-state index in [1.54, 1.807) is 9.80 Å². The molecule has 2 atom stereocenters. The van der Waals surface area contributed by atoms with Crippen LogP contribution in [0.4, 0.5) is 0 Å². The fraction of sp³-hybridized carbons (Fsp3) is 0.556. The highest BCUT2D eigenvalue weighted by Gasteiger charge is 2.38. The van der Waals surface area contributed by atoms with Gasteiger partial charge in [0, 0.05) is 32.1 Å². The largest absolute Gasteiger partial charge is 0.339 e. The number of likely N-dealkylation sites (tertiary alicyclic amines) is 1. The van der Waals surface area contributed by atoms with Gasteiger partial charge in [-0.15, -0.1) is 0 Å². The molecule has 0 bridgehead atoms. The number of carbonyl (C=O) groups is 2. The molecule has 136 valence electrons. The molecule has 25 heavy (non-hydrogen) atoms. The normalized spacial score (nSPS) is 26.5. The van der Waals surface area contributed by atoms with Gasteiger partial charge in [-0.1, -0.05) is 30.3 Å². The van der Waals surface area contributed by atoms with E-state index in [-0.39, 0.29) is 48.2 Å². The smallest absolute Gasteiger partial charge is 0.228 e. The van der Waals surface area contributed by atoms with E-state index >= 15 is 0 Å². The van der Waals surface area contributed by atoms with E-state index in [2.05, 4.69) is 0 Å². The molecule has 0 radical (unpaired) electrons. The number of rotatable bonds is 3. The van der Waals surface area contributed by atoms with Crippen molar-refractivity contribution in [2.45, 2.75) is 32.4 Å². The SMILES string of the molecule is C[C@H]1CCS(=O)(=O)CCN1C(=O)[C@@H]1CC(=O)N(Cc2ccccc2)C1. The molecule has 2 heterocycles. The van der Waals surface area contributed by atoms with Crippen molar-refractivity contribution in [3.05, 3.63) is 35.9 Å². The van der Waals surface area contributed by atoms with E-state index in [1.165, 1.54) is 0 Å². The lowest BCUT2D eigenvalue weighted by molar-refractivity contribution is -0.137. The van der Waals surface area contributed by atoms with Crippen molar-refractivity contribution in [3.63, 3.8) is 0 Å². The number of carbonyl (C=O) groups excluding carboxylic acids is 2. The molecule has 3 rings (SSSR count). The zero-order chi connectivity index (χ0) is 18.0. The molecule has 0 aliphatic carbocycles. The lowest BCUT2D eigenvalue weighted by Gasteiger charge is -2.29. The standard InChI is InChI=1S/C18H24N2O4S/c1-14-7-9-25(23,24)10-8-20(14)18(22)16-11-17(21)19(13-16)12-15-5-3-2-4-6-15/h2-6,14,16H,7-13H2,1H3/t14-,16+/m0/s1. The predicted octanol–water partition coefficient (Wildman–Crippen LogP) is 1.07. The van der Waals surface area contributed by atoms with Crippen LogP contribution in [0.5, 0.6) is 0 Å². The second-order valence-electron chi connectivity index (χ2n) is 6.98. The fourth-order valence-electron chi connectivity index (χ4n) is 3.52. The summed E-state index contributed by atoms with van der Waals surface area (Å²) in [5, 5.41) is 0. The predicted molar refractivity (Wildman–Crippen MR) is 94.4 cm³/mol. The van der Waals surface area contributed by atoms with E-state index in [0.717, 1.165) is 5.56 Å². The van der Waals surface area contributed by atoms with Crippen molar-refractivity contribution in [2.75, 3.05) is 24.6 Å². The summed E-state index contributed by atoms with van der Waals surface area (Å²) >= 11 is 0. The van der Waals surface area contributed by atoms with Gasteiger partial charge in [-0.3, -0.25) is 9.59 Å². The molecular weight excluding hydrogens is 340 g/mol. The third kappa shape index (κ3) is 4.21. The lowest BCUT2D eigenvalue weighted by atomic mass is 10.1. The van der Waals surface area contributed by atoms with Crippen LogP contribution in [0, 0.1) is 5.92 Å². The van der Waals surface area contributed by atoms with E-state index in [4.69, 9.17) is 0 Å². The Labute approximate surface area is 148 Å². The van der Waals surface area contributed by atoms with E-state index < -0.39 is 9.84 Å². The molecule has 7 heteroatoms. The van der Waals surface area contributed by atoms with Gasteiger partial charge in [0.2, 0.25) is 11.8 Å². The molecule has 2 saturated heterocycles. The highest BCUT2D eigenvalue weighted by atomic mass is 32.2. The maximum absolute atomic E-state index is 12.9. The van der Waals surface area contributed by atoms with Crippen LogP contribution in [0.25, 0.3) is 0 Å². The first-order chi connectivity index (χ1) is 11.9. The minimum absolute atomic E-state index is 0.0114. The monoisotopic (exact) mass is 364 g/mol. The Morgan fingerprint density at radius 3 is 2.64 bits per heavy atom. The molecule has 2 amide bonds. The summed E-state index contributed by atoms with van der Waals surface area (Å²) in [6.07, 6.45) is 0.671. The molecule has 2 aliphatic rings. The topological polar surface area (TPSA) is 74.8 Å². The quantitative estimate of drug-likeness (QED) is 0.804. The number of sulfone groups is 1. The molecule has 1 aromatic rings. The van der Waals surface area contributed by atoms with Gasteiger partial charge in [-0.25, -0.2) is 8.42 Å². The van der Waals surface area contributed by atoms with Gasteiger partial charge in [-0.05, 0) is 18.9 Å². The van der Waals surface area contributed by atoms with E-state index in [0.29, 0.717) is 19.5 Å². The Bertz CT molecular complexity index is 748. The van der Waals surface area contributed by atoms with Crippen molar-refractivity contribution in [2.24, 2.45) is 5.92 Å². The van der Waals surface area contributed by atoms with E-state index in [1.807, 2.05) is 37.3 Å². The van der Waals surface area contributed by atoms with Crippen LogP contribution in [-0.2, 0) is 26.0 Å². The first-order valence-electron chi connectivity index (χ1n) is 8.68. The molecule has 6 nitrogen and oxygen atoms in total. The van der Waals surface area contributed by atoms with Gasteiger partial charge in [0.1, 0.15) is 0 Å². The van der Waals surface area contributed by atoms with Crippen LogP contribution < -0.4 is 0 Å². The van der Waals surface area contributed by atoms with Crippen LogP contribution in [-0.4, -0.2) is 60.7 Å². The third-order valence-corrected chi connectivity index (χ3v) is 6.75. The molecule has 0 spiro atoms. The Hall–Kier alpha value is -1.89. The van der Waals surface area contributed by atoms with E-state index in [9.17, 15) is 18.0 Å². The zero-order valence-corrected chi connectivity index (χ0v) is 15.2. The van der Waals surface area contributed by atoms with Gasteiger partial charge in [0.05, 0.1) is 17.4 Å². The van der Waals surface area contributed by atoms with Gasteiger partial charge >= 0.3 is 0 Å². The highest BCUT2D eigenvalue weighted by Crippen LogP contribution is 2.24. The summed E-state index contributed by atoms with van der Waals surface area (Å²) in [5.74, 6) is -0.343. The first-order valence-corrected chi connectivity index (χ1v) is 10.5. The maximum Gasteiger partial charge on any atom is 0.228 e. The van der Waals surface area contributed by atoms with Crippen LogP contribution in [0.3, 0.4) is 0 Å². The van der Waals surface area contributed by atoms with Gasteiger partial charge in [0.25, 0.3) is 0 Å². The van der Waals surface area contributed by atoms with Crippen LogP contribution >= 0.6 is 0 Å². The average Bonchev–Trinajstić information content (AvgIpc) is 2.87. The number of amides is 2. The third-order valence-electron chi connectivity index (χ3n) is 5.08. The summed E-state index contributed by atoms with van der Waals surface area (Å²) in [7, 11) is -3.08. The molecule has 2 fully saturated rings. The maximum atomic E-state index is 12.9. The molecule has 0 saturated carbocycles. The first kappa shape index (κ1) is 17.9. The van der Waals surface area contributed by atoms with Crippen molar-refractivity contribution in [1.29, 1.82) is 0 Å². The molecule has 0 N–H and O–H groups in total. The Kier molecular flexibility index (Phi) is 5.13. The van der Waals surface area contributed by atoms with Crippen molar-refractivity contribution in [3.8, 4) is 0 Å². The Morgan fingerprint density at radius 1 is 1.20 bits per heavy atom. The van der Waals surface area contributed by atoms with Crippen molar-refractivity contribution >= 4 is 21.7 Å². The number of benzene rings is 1. The molecule has 2 aliphatic heterocycles. The minimum atomic E-state index is -3.08. The minimum Gasteiger partial charge on any atom is -0.339 e. The highest BCUT2D eigenvalue weighted by molar-refractivity contribution is 7.91.